The number of para-hydroxylation sites is 1. The van der Waals surface area contributed by atoms with Gasteiger partial charge in [-0.25, -0.2) is 9.48 Å². The maximum Gasteiger partial charge on any atom is 0.342 e. The van der Waals surface area contributed by atoms with Crippen molar-refractivity contribution in [2.24, 2.45) is 5.92 Å². The number of hydrogen-bond donors (Lipinski definition) is 1. The number of nitrogens with one attached hydrogen (secondary N) is 1. The lowest BCUT2D eigenvalue weighted by Crippen LogP contribution is -2.50. The van der Waals surface area contributed by atoms with Gasteiger partial charge in [0.2, 0.25) is 0 Å². The minimum Gasteiger partial charge on any atom is -0.452 e. The highest BCUT2D eigenvalue weighted by Crippen LogP contribution is 2.25. The molecule has 1 amide bonds. The zero-order chi connectivity index (χ0) is 23.3. The summed E-state index contributed by atoms with van der Waals surface area (Å²) in [6.45, 7) is 6.79. The molecule has 2 aromatic carbocycles. The fourth-order valence-electron chi connectivity index (χ4n) is 3.00. The summed E-state index contributed by atoms with van der Waals surface area (Å²) < 4.78 is 6.89. The first kappa shape index (κ1) is 22.8. The number of benzene rings is 2. The molecule has 0 spiro atoms. The Labute approximate surface area is 187 Å². The van der Waals surface area contributed by atoms with Crippen LogP contribution in [0.25, 0.3) is 16.9 Å². The molecule has 3 rings (SSSR count). The molecule has 164 valence electrons. The van der Waals surface area contributed by atoms with Gasteiger partial charge in [-0.05, 0) is 31.9 Å². The number of ether oxygens (including phenoxy) is 1. The van der Waals surface area contributed by atoms with Crippen LogP contribution >= 0.6 is 0 Å². The second-order valence-corrected chi connectivity index (χ2v) is 8.13. The van der Waals surface area contributed by atoms with Gasteiger partial charge in [0, 0.05) is 11.8 Å². The summed E-state index contributed by atoms with van der Waals surface area (Å²) >= 11 is 0. The first-order chi connectivity index (χ1) is 15.2. The Morgan fingerprint density at radius 2 is 1.81 bits per heavy atom. The molecule has 0 fully saturated rings. The molecule has 7 nitrogen and oxygen atoms in total. The first-order valence-corrected chi connectivity index (χ1v) is 10.3. The van der Waals surface area contributed by atoms with Crippen LogP contribution in [0.3, 0.4) is 0 Å². The molecule has 1 heterocycles. The smallest absolute Gasteiger partial charge is 0.342 e. The third kappa shape index (κ3) is 5.03. The Morgan fingerprint density at radius 3 is 2.41 bits per heavy atom. The Morgan fingerprint density at radius 1 is 1.16 bits per heavy atom. The van der Waals surface area contributed by atoms with E-state index in [2.05, 4.69) is 16.5 Å². The Balaban J connectivity index is 1.85. The van der Waals surface area contributed by atoms with Crippen LogP contribution < -0.4 is 5.32 Å². The minimum absolute atomic E-state index is 0.107. The van der Waals surface area contributed by atoms with Crippen molar-refractivity contribution in [2.45, 2.75) is 33.2 Å². The van der Waals surface area contributed by atoms with Crippen LogP contribution in [-0.2, 0) is 9.53 Å². The summed E-state index contributed by atoms with van der Waals surface area (Å²) in [7, 11) is 0. The van der Waals surface area contributed by atoms with Crippen LogP contribution in [-0.4, -0.2) is 33.8 Å². The van der Waals surface area contributed by atoms with E-state index in [1.54, 1.807) is 17.8 Å². The van der Waals surface area contributed by atoms with E-state index in [9.17, 15) is 14.9 Å². The molecule has 0 bridgehead atoms. The van der Waals surface area contributed by atoms with Crippen molar-refractivity contribution >= 4 is 11.9 Å². The largest absolute Gasteiger partial charge is 0.452 e. The third-order valence-electron chi connectivity index (χ3n) is 5.40. The molecule has 0 aliphatic carbocycles. The van der Waals surface area contributed by atoms with E-state index in [1.165, 1.54) is 0 Å². The SMILES string of the molecule is Cc1ccc(-c2nn(-c3ccccc3)cc2C(=O)OCC(=O)N[C@](C)(C#N)C(C)C)cc1. The van der Waals surface area contributed by atoms with Gasteiger partial charge in [0.05, 0.1) is 11.8 Å². The number of nitrogens with zero attached hydrogens (tertiary/aromatic N) is 3. The third-order valence-corrected chi connectivity index (χ3v) is 5.40. The van der Waals surface area contributed by atoms with Gasteiger partial charge in [0.1, 0.15) is 16.8 Å². The molecule has 0 aliphatic heterocycles. The van der Waals surface area contributed by atoms with Crippen molar-refractivity contribution in [3.63, 3.8) is 0 Å². The average molecular weight is 431 g/mol. The zero-order valence-corrected chi connectivity index (χ0v) is 18.6. The van der Waals surface area contributed by atoms with Crippen molar-refractivity contribution in [1.82, 2.24) is 15.1 Å². The topological polar surface area (TPSA) is 97.0 Å². The van der Waals surface area contributed by atoms with Gasteiger partial charge in [0.15, 0.2) is 6.61 Å². The number of nitriles is 1. The van der Waals surface area contributed by atoms with Gasteiger partial charge in [0.25, 0.3) is 5.91 Å². The standard InChI is InChI=1S/C25H26N4O3/c1-17(2)25(4,16-26)27-22(30)15-32-24(31)21-14-29(20-8-6-5-7-9-20)28-23(21)19-12-10-18(3)11-13-19/h5-14,17H,15H2,1-4H3,(H,27,30)/t25-/m1/s1. The van der Waals surface area contributed by atoms with Crippen LogP contribution in [0.1, 0.15) is 36.7 Å². The molecule has 1 atom stereocenters. The number of esters is 1. The molecule has 0 aliphatic rings. The number of carbonyl (C=O) groups is 2. The van der Waals surface area contributed by atoms with Crippen molar-refractivity contribution in [3.05, 3.63) is 71.9 Å². The van der Waals surface area contributed by atoms with Gasteiger partial charge >= 0.3 is 5.97 Å². The van der Waals surface area contributed by atoms with Gasteiger partial charge in [-0.3, -0.25) is 4.79 Å². The summed E-state index contributed by atoms with van der Waals surface area (Å²) in [5, 5.41) is 16.6. The molecule has 0 saturated carbocycles. The lowest BCUT2D eigenvalue weighted by atomic mass is 9.90. The van der Waals surface area contributed by atoms with Gasteiger partial charge < -0.3 is 10.1 Å². The average Bonchev–Trinajstić information content (AvgIpc) is 3.24. The second kappa shape index (κ2) is 9.48. The maximum absolute atomic E-state index is 12.9. The van der Waals surface area contributed by atoms with Gasteiger partial charge in [-0.2, -0.15) is 10.4 Å². The van der Waals surface area contributed by atoms with Gasteiger partial charge in [-0.1, -0.05) is 61.9 Å². The molecule has 1 N–H and O–H groups in total. The molecule has 32 heavy (non-hydrogen) atoms. The molecular weight excluding hydrogens is 404 g/mol. The number of amides is 1. The molecule has 3 aromatic rings. The van der Waals surface area contributed by atoms with E-state index < -0.39 is 24.0 Å². The summed E-state index contributed by atoms with van der Waals surface area (Å²) in [6.07, 6.45) is 1.60. The highest BCUT2D eigenvalue weighted by Gasteiger charge is 2.30. The highest BCUT2D eigenvalue weighted by atomic mass is 16.5. The molecule has 0 unspecified atom stereocenters. The number of aromatic nitrogens is 2. The fraction of sp³-hybridized carbons (Fsp3) is 0.280. The van der Waals surface area contributed by atoms with Crippen LogP contribution in [0.2, 0.25) is 0 Å². The lowest BCUT2D eigenvalue weighted by molar-refractivity contribution is -0.125. The first-order valence-electron chi connectivity index (χ1n) is 10.3. The Kier molecular flexibility index (Phi) is 6.74. The molecule has 0 saturated heterocycles. The lowest BCUT2D eigenvalue weighted by Gasteiger charge is -2.27. The predicted octanol–water partition coefficient (Wildman–Crippen LogP) is 4.06. The number of rotatable bonds is 7. The predicted molar refractivity (Wildman–Crippen MR) is 121 cm³/mol. The van der Waals surface area contributed by atoms with E-state index in [-0.39, 0.29) is 11.5 Å². The number of aryl methyl sites for hydroxylation is 1. The van der Waals surface area contributed by atoms with E-state index in [4.69, 9.17) is 4.74 Å². The summed E-state index contributed by atoms with van der Waals surface area (Å²) in [6, 6.07) is 19.2. The summed E-state index contributed by atoms with van der Waals surface area (Å²) in [5.41, 5.74) is 2.30. The van der Waals surface area contributed by atoms with Crippen molar-refractivity contribution < 1.29 is 14.3 Å². The van der Waals surface area contributed by atoms with Crippen molar-refractivity contribution in [3.8, 4) is 23.0 Å². The number of carbonyl (C=O) groups excluding carboxylic acids is 2. The fourth-order valence-corrected chi connectivity index (χ4v) is 3.00. The van der Waals surface area contributed by atoms with Crippen LogP contribution in [0.5, 0.6) is 0 Å². The molecule has 0 radical (unpaired) electrons. The second-order valence-electron chi connectivity index (χ2n) is 8.13. The molecule has 1 aromatic heterocycles. The molecule has 7 heteroatoms. The van der Waals surface area contributed by atoms with E-state index in [0.717, 1.165) is 16.8 Å². The van der Waals surface area contributed by atoms with Crippen LogP contribution in [0, 0.1) is 24.2 Å². The van der Waals surface area contributed by atoms with Crippen LogP contribution in [0.4, 0.5) is 0 Å². The van der Waals surface area contributed by atoms with Crippen LogP contribution in [0.15, 0.2) is 60.8 Å². The highest BCUT2D eigenvalue weighted by molar-refractivity contribution is 5.97. The zero-order valence-electron chi connectivity index (χ0n) is 18.6. The quantitative estimate of drug-likeness (QED) is 0.570. The number of hydrogen-bond acceptors (Lipinski definition) is 5. The Bertz CT molecular complexity index is 1140. The van der Waals surface area contributed by atoms with E-state index in [1.807, 2.05) is 75.4 Å². The minimum atomic E-state index is -1.05. The summed E-state index contributed by atoms with van der Waals surface area (Å²) in [4.78, 5) is 25.2. The van der Waals surface area contributed by atoms with E-state index in [0.29, 0.717) is 5.69 Å². The maximum atomic E-state index is 12.9. The van der Waals surface area contributed by atoms with Crippen molar-refractivity contribution in [1.29, 1.82) is 5.26 Å². The van der Waals surface area contributed by atoms with E-state index >= 15 is 0 Å². The Hall–Kier alpha value is -3.92. The normalized spacial score (nSPS) is 12.6. The monoisotopic (exact) mass is 430 g/mol. The van der Waals surface area contributed by atoms with Gasteiger partial charge in [-0.15, -0.1) is 0 Å². The molecular formula is C25H26N4O3. The summed E-state index contributed by atoms with van der Waals surface area (Å²) in [5.74, 6) is -1.31. The van der Waals surface area contributed by atoms with Crippen molar-refractivity contribution in [2.75, 3.05) is 6.61 Å².